The monoisotopic (exact) mass is 374 g/mol. The van der Waals surface area contributed by atoms with Gasteiger partial charge in [0.05, 0.1) is 33.7 Å². The number of hydrogen-bond donors (Lipinski definition) is 0. The topological polar surface area (TPSA) is 45.5 Å². The number of fused-ring (bicyclic) bond motifs is 1. The number of rotatable bonds is 6. The molecule has 0 aliphatic heterocycles. The number of ether oxygens (including phenoxy) is 3. The smallest absolute Gasteiger partial charge is 0.203 e. The molecular formula is C23H22N2O3. The van der Waals surface area contributed by atoms with Gasteiger partial charge < -0.3 is 18.8 Å². The molecule has 4 aromatic rings. The lowest BCUT2D eigenvalue weighted by atomic mass is 9.95. The van der Waals surface area contributed by atoms with Crippen LogP contribution in [0, 0.1) is 0 Å². The van der Waals surface area contributed by atoms with E-state index in [1.165, 1.54) is 10.8 Å². The summed E-state index contributed by atoms with van der Waals surface area (Å²) < 4.78 is 18.7. The molecule has 0 spiro atoms. The summed E-state index contributed by atoms with van der Waals surface area (Å²) in [5.74, 6) is 1.84. The normalized spacial score (nSPS) is 12.0. The molecule has 28 heavy (non-hydrogen) atoms. The Balaban J connectivity index is 1.92. The third-order valence-electron chi connectivity index (χ3n) is 4.92. The van der Waals surface area contributed by atoms with Crippen LogP contribution >= 0.6 is 0 Å². The van der Waals surface area contributed by atoms with E-state index < -0.39 is 0 Å². The SMILES string of the molecule is COc1cc(C(c2ccc3ccccc3c2)n2ccnc2)cc(OC)c1OC. The van der Waals surface area contributed by atoms with Gasteiger partial charge in [0.25, 0.3) is 0 Å². The summed E-state index contributed by atoms with van der Waals surface area (Å²) in [5.41, 5.74) is 2.16. The lowest BCUT2D eigenvalue weighted by Crippen LogP contribution is -2.11. The molecule has 0 fully saturated rings. The van der Waals surface area contributed by atoms with Crippen LogP contribution in [0.2, 0.25) is 0 Å². The van der Waals surface area contributed by atoms with Crippen molar-refractivity contribution in [1.82, 2.24) is 9.55 Å². The molecule has 0 aliphatic carbocycles. The third-order valence-corrected chi connectivity index (χ3v) is 4.92. The highest BCUT2D eigenvalue weighted by Crippen LogP contribution is 2.42. The van der Waals surface area contributed by atoms with E-state index in [2.05, 4.69) is 52.0 Å². The Bertz CT molecular complexity index is 1070. The molecule has 0 saturated carbocycles. The van der Waals surface area contributed by atoms with Crippen molar-refractivity contribution in [3.8, 4) is 17.2 Å². The Kier molecular flexibility index (Phi) is 4.89. The summed E-state index contributed by atoms with van der Waals surface area (Å²) in [4.78, 5) is 4.25. The zero-order valence-electron chi connectivity index (χ0n) is 16.1. The molecule has 1 heterocycles. The summed E-state index contributed by atoms with van der Waals surface area (Å²) in [5, 5.41) is 2.40. The van der Waals surface area contributed by atoms with Gasteiger partial charge >= 0.3 is 0 Å². The van der Waals surface area contributed by atoms with Crippen LogP contribution in [-0.2, 0) is 0 Å². The van der Waals surface area contributed by atoms with E-state index in [1.807, 2.05) is 24.7 Å². The largest absolute Gasteiger partial charge is 0.493 e. The number of aromatic nitrogens is 2. The van der Waals surface area contributed by atoms with Crippen LogP contribution in [0.3, 0.4) is 0 Å². The maximum atomic E-state index is 5.56. The lowest BCUT2D eigenvalue weighted by molar-refractivity contribution is 0.323. The molecule has 0 N–H and O–H groups in total. The maximum Gasteiger partial charge on any atom is 0.203 e. The molecule has 0 aliphatic rings. The Morgan fingerprint density at radius 1 is 0.786 bits per heavy atom. The molecule has 142 valence electrons. The Morgan fingerprint density at radius 2 is 1.50 bits per heavy atom. The predicted octanol–water partition coefficient (Wildman–Crippen LogP) is 4.70. The van der Waals surface area contributed by atoms with Crippen LogP contribution in [0.15, 0.2) is 73.3 Å². The van der Waals surface area contributed by atoms with E-state index in [9.17, 15) is 0 Å². The fourth-order valence-corrected chi connectivity index (χ4v) is 3.60. The number of nitrogens with zero attached hydrogens (tertiary/aromatic N) is 2. The second kappa shape index (κ2) is 7.64. The summed E-state index contributed by atoms with van der Waals surface area (Å²) in [6.07, 6.45) is 5.57. The Labute approximate surface area is 164 Å². The fraction of sp³-hybridized carbons (Fsp3) is 0.174. The van der Waals surface area contributed by atoms with Gasteiger partial charge in [-0.25, -0.2) is 4.98 Å². The number of imidazole rings is 1. The second-order valence-electron chi connectivity index (χ2n) is 6.48. The van der Waals surface area contributed by atoms with Gasteiger partial charge in [-0.15, -0.1) is 0 Å². The van der Waals surface area contributed by atoms with E-state index in [0.717, 1.165) is 11.1 Å². The molecule has 5 nitrogen and oxygen atoms in total. The van der Waals surface area contributed by atoms with Gasteiger partial charge in [0.15, 0.2) is 11.5 Å². The summed E-state index contributed by atoms with van der Waals surface area (Å²) in [7, 11) is 4.86. The van der Waals surface area contributed by atoms with Crippen molar-refractivity contribution in [2.45, 2.75) is 6.04 Å². The molecule has 1 aromatic heterocycles. The van der Waals surface area contributed by atoms with Crippen LogP contribution in [0.1, 0.15) is 17.2 Å². The van der Waals surface area contributed by atoms with Crippen LogP contribution in [-0.4, -0.2) is 30.9 Å². The standard InChI is InChI=1S/C23H22N2O3/c1-26-20-13-19(14-21(27-2)23(20)28-3)22(25-11-10-24-15-25)18-9-8-16-6-4-5-7-17(16)12-18/h4-15,22H,1-3H3. The van der Waals surface area contributed by atoms with Gasteiger partial charge in [-0.1, -0.05) is 36.4 Å². The van der Waals surface area contributed by atoms with Crippen molar-refractivity contribution >= 4 is 10.8 Å². The molecule has 0 bridgehead atoms. The van der Waals surface area contributed by atoms with Crippen molar-refractivity contribution in [2.75, 3.05) is 21.3 Å². The molecule has 0 saturated heterocycles. The van der Waals surface area contributed by atoms with Crippen molar-refractivity contribution in [3.05, 3.63) is 84.4 Å². The molecule has 4 rings (SSSR count). The van der Waals surface area contributed by atoms with Crippen LogP contribution in [0.5, 0.6) is 17.2 Å². The first-order valence-corrected chi connectivity index (χ1v) is 9.01. The van der Waals surface area contributed by atoms with Crippen molar-refractivity contribution in [2.24, 2.45) is 0 Å². The number of methoxy groups -OCH3 is 3. The van der Waals surface area contributed by atoms with E-state index in [1.54, 1.807) is 27.5 Å². The first-order valence-electron chi connectivity index (χ1n) is 9.01. The minimum absolute atomic E-state index is 0.0826. The molecule has 3 aromatic carbocycles. The van der Waals surface area contributed by atoms with Crippen LogP contribution in [0.4, 0.5) is 0 Å². The zero-order valence-corrected chi connectivity index (χ0v) is 16.1. The van der Waals surface area contributed by atoms with Crippen molar-refractivity contribution < 1.29 is 14.2 Å². The average Bonchev–Trinajstić information content (AvgIpc) is 3.27. The number of hydrogen-bond acceptors (Lipinski definition) is 4. The summed E-state index contributed by atoms with van der Waals surface area (Å²) in [6, 6.07) is 18.7. The van der Waals surface area contributed by atoms with Gasteiger partial charge in [-0.2, -0.15) is 0 Å². The van der Waals surface area contributed by atoms with Gasteiger partial charge in [0.2, 0.25) is 5.75 Å². The fourth-order valence-electron chi connectivity index (χ4n) is 3.60. The van der Waals surface area contributed by atoms with E-state index in [4.69, 9.17) is 14.2 Å². The second-order valence-corrected chi connectivity index (χ2v) is 6.48. The maximum absolute atomic E-state index is 5.56. The highest BCUT2D eigenvalue weighted by atomic mass is 16.5. The molecule has 5 heteroatoms. The predicted molar refractivity (Wildman–Crippen MR) is 110 cm³/mol. The number of benzene rings is 3. The van der Waals surface area contributed by atoms with Crippen molar-refractivity contribution in [3.63, 3.8) is 0 Å². The van der Waals surface area contributed by atoms with Gasteiger partial charge in [0, 0.05) is 12.4 Å². The molecule has 1 unspecified atom stereocenters. The third kappa shape index (κ3) is 3.16. The first-order chi connectivity index (χ1) is 13.7. The quantitative estimate of drug-likeness (QED) is 0.491. The minimum atomic E-state index is -0.0826. The van der Waals surface area contributed by atoms with Gasteiger partial charge in [0.1, 0.15) is 0 Å². The summed E-state index contributed by atoms with van der Waals surface area (Å²) in [6.45, 7) is 0. The molecule has 0 amide bonds. The highest BCUT2D eigenvalue weighted by Gasteiger charge is 2.21. The summed E-state index contributed by atoms with van der Waals surface area (Å²) >= 11 is 0. The Hall–Kier alpha value is -3.47. The van der Waals surface area contributed by atoms with Crippen LogP contribution in [0.25, 0.3) is 10.8 Å². The molecule has 1 atom stereocenters. The average molecular weight is 374 g/mol. The zero-order chi connectivity index (χ0) is 19.5. The van der Waals surface area contributed by atoms with E-state index in [-0.39, 0.29) is 6.04 Å². The van der Waals surface area contributed by atoms with Gasteiger partial charge in [-0.3, -0.25) is 0 Å². The van der Waals surface area contributed by atoms with Crippen molar-refractivity contribution in [1.29, 1.82) is 0 Å². The van der Waals surface area contributed by atoms with E-state index >= 15 is 0 Å². The Morgan fingerprint density at radius 3 is 2.11 bits per heavy atom. The van der Waals surface area contributed by atoms with Gasteiger partial charge in [-0.05, 0) is 40.1 Å². The molecule has 0 radical (unpaired) electrons. The lowest BCUT2D eigenvalue weighted by Gasteiger charge is -2.22. The highest BCUT2D eigenvalue weighted by molar-refractivity contribution is 5.83. The van der Waals surface area contributed by atoms with Crippen LogP contribution < -0.4 is 14.2 Å². The minimum Gasteiger partial charge on any atom is -0.493 e. The van der Waals surface area contributed by atoms with E-state index in [0.29, 0.717) is 17.2 Å². The molecular weight excluding hydrogens is 352 g/mol. The first kappa shape index (κ1) is 17.9.